The van der Waals surface area contributed by atoms with Gasteiger partial charge in [-0.05, 0) is 56.2 Å². The molecule has 0 spiro atoms. The van der Waals surface area contributed by atoms with E-state index in [4.69, 9.17) is 0 Å². The van der Waals surface area contributed by atoms with E-state index in [1.165, 1.54) is 6.26 Å². The molecule has 0 atom stereocenters. The first kappa shape index (κ1) is 22.6. The van der Waals surface area contributed by atoms with Gasteiger partial charge in [0.2, 0.25) is 0 Å². The van der Waals surface area contributed by atoms with Gasteiger partial charge in [-0.1, -0.05) is 30.3 Å². The van der Waals surface area contributed by atoms with Gasteiger partial charge in [0, 0.05) is 25.0 Å². The lowest BCUT2D eigenvalue weighted by molar-refractivity contribution is 0.602. The van der Waals surface area contributed by atoms with Crippen LogP contribution in [0.4, 0.5) is 0 Å². The summed E-state index contributed by atoms with van der Waals surface area (Å²) in [5, 5.41) is 11.2. The van der Waals surface area contributed by atoms with Crippen molar-refractivity contribution < 1.29 is 8.42 Å². The van der Waals surface area contributed by atoms with E-state index in [0.29, 0.717) is 23.9 Å². The predicted octanol–water partition coefficient (Wildman–Crippen LogP) is 3.15. The van der Waals surface area contributed by atoms with Gasteiger partial charge in [0.05, 0.1) is 22.8 Å². The van der Waals surface area contributed by atoms with Crippen LogP contribution in [0.25, 0.3) is 5.69 Å². The largest absolute Gasteiger partial charge is 0.357 e. The van der Waals surface area contributed by atoms with Gasteiger partial charge in [0.15, 0.2) is 15.8 Å². The minimum Gasteiger partial charge on any atom is -0.357 e. The molecule has 8 heteroatoms. The molecule has 0 aliphatic heterocycles. The summed E-state index contributed by atoms with van der Waals surface area (Å²) in [7, 11) is -3.19. The molecule has 2 N–H and O–H groups in total. The molecule has 3 rings (SSSR count). The molecule has 1 aromatic heterocycles. The molecule has 0 unspecified atom stereocenters. The Morgan fingerprint density at radius 2 is 1.77 bits per heavy atom. The molecule has 1 heterocycles. The molecule has 0 bridgehead atoms. The lowest BCUT2D eigenvalue weighted by Crippen LogP contribution is -2.37. The number of nitrogens with zero attached hydrogens (tertiary/aromatic N) is 3. The first-order valence-electron chi connectivity index (χ1n) is 10.2. The summed E-state index contributed by atoms with van der Waals surface area (Å²) in [5.74, 6) is 0.692. The maximum Gasteiger partial charge on any atom is 0.191 e. The van der Waals surface area contributed by atoms with Crippen molar-refractivity contribution >= 4 is 15.8 Å². The summed E-state index contributed by atoms with van der Waals surface area (Å²) in [6.45, 7) is 7.82. The van der Waals surface area contributed by atoms with Crippen LogP contribution in [-0.4, -0.2) is 37.0 Å². The third kappa shape index (κ3) is 5.95. The Hall–Kier alpha value is -3.13. The molecular formula is C23H29N5O2S. The van der Waals surface area contributed by atoms with Gasteiger partial charge in [0.25, 0.3) is 0 Å². The number of hydrogen-bond acceptors (Lipinski definition) is 4. The number of benzene rings is 2. The SMILES string of the molecule is CCNC(=NCc1ccc(S(C)(=O)=O)cc1)NCc1ccccc1-n1nc(C)cc1C. The summed E-state index contributed by atoms with van der Waals surface area (Å²) in [4.78, 5) is 4.95. The smallest absolute Gasteiger partial charge is 0.191 e. The number of hydrogen-bond donors (Lipinski definition) is 2. The average molecular weight is 440 g/mol. The highest BCUT2D eigenvalue weighted by atomic mass is 32.2. The quantitative estimate of drug-likeness (QED) is 0.436. The molecule has 164 valence electrons. The number of sulfone groups is 1. The van der Waals surface area contributed by atoms with Gasteiger partial charge in [-0.2, -0.15) is 5.10 Å². The Morgan fingerprint density at radius 3 is 2.39 bits per heavy atom. The molecule has 7 nitrogen and oxygen atoms in total. The summed E-state index contributed by atoms with van der Waals surface area (Å²) in [6, 6.07) is 17.0. The van der Waals surface area contributed by atoms with Crippen LogP contribution < -0.4 is 10.6 Å². The van der Waals surface area contributed by atoms with Crippen molar-refractivity contribution in [2.24, 2.45) is 4.99 Å². The Balaban J connectivity index is 1.73. The number of aryl methyl sites for hydroxylation is 2. The molecule has 0 amide bonds. The molecule has 31 heavy (non-hydrogen) atoms. The highest BCUT2D eigenvalue weighted by Crippen LogP contribution is 2.17. The maximum absolute atomic E-state index is 11.6. The third-order valence-corrected chi connectivity index (χ3v) is 5.92. The van der Waals surface area contributed by atoms with Crippen LogP contribution in [-0.2, 0) is 22.9 Å². The number of aliphatic imine (C=N–C) groups is 1. The van der Waals surface area contributed by atoms with Crippen molar-refractivity contribution in [2.45, 2.75) is 38.8 Å². The molecule has 0 saturated carbocycles. The van der Waals surface area contributed by atoms with Gasteiger partial charge in [-0.15, -0.1) is 0 Å². The van der Waals surface area contributed by atoms with Crippen molar-refractivity contribution in [3.63, 3.8) is 0 Å². The molecule has 2 aromatic carbocycles. The first-order chi connectivity index (χ1) is 14.8. The van der Waals surface area contributed by atoms with E-state index in [0.717, 1.165) is 34.7 Å². The summed E-state index contributed by atoms with van der Waals surface area (Å²) < 4.78 is 25.2. The summed E-state index contributed by atoms with van der Waals surface area (Å²) >= 11 is 0. The monoisotopic (exact) mass is 439 g/mol. The number of nitrogens with one attached hydrogen (secondary N) is 2. The molecule has 0 radical (unpaired) electrons. The molecule has 0 fully saturated rings. The fraction of sp³-hybridized carbons (Fsp3) is 0.304. The Labute approximate surface area is 184 Å². The second kappa shape index (κ2) is 9.78. The van der Waals surface area contributed by atoms with Crippen LogP contribution in [0.5, 0.6) is 0 Å². The van der Waals surface area contributed by atoms with Crippen LogP contribution in [0.1, 0.15) is 29.4 Å². The number of guanidine groups is 1. The van der Waals surface area contributed by atoms with Crippen molar-refractivity contribution in [2.75, 3.05) is 12.8 Å². The number of rotatable bonds is 7. The Morgan fingerprint density at radius 1 is 1.06 bits per heavy atom. The molecule has 3 aromatic rings. The van der Waals surface area contributed by atoms with Gasteiger partial charge < -0.3 is 10.6 Å². The third-order valence-electron chi connectivity index (χ3n) is 4.79. The van der Waals surface area contributed by atoms with E-state index in [1.54, 1.807) is 24.3 Å². The van der Waals surface area contributed by atoms with Crippen LogP contribution in [0.2, 0.25) is 0 Å². The first-order valence-corrected chi connectivity index (χ1v) is 12.1. The van der Waals surface area contributed by atoms with E-state index in [2.05, 4.69) is 38.9 Å². The van der Waals surface area contributed by atoms with Gasteiger partial charge in [0.1, 0.15) is 0 Å². The highest BCUT2D eigenvalue weighted by molar-refractivity contribution is 7.90. The van der Waals surface area contributed by atoms with Crippen molar-refractivity contribution in [3.05, 3.63) is 77.1 Å². The standard InChI is InChI=1S/C23H29N5O2S/c1-5-24-23(25-15-19-10-12-21(13-11-19)31(4,29)30)26-16-20-8-6-7-9-22(20)28-18(3)14-17(2)27-28/h6-14H,5,15-16H2,1-4H3,(H2,24,25,26). The van der Waals surface area contributed by atoms with Crippen molar-refractivity contribution in [3.8, 4) is 5.69 Å². The van der Waals surface area contributed by atoms with E-state index in [-0.39, 0.29) is 0 Å². The van der Waals surface area contributed by atoms with Crippen LogP contribution in [0.15, 0.2) is 64.5 Å². The van der Waals surface area contributed by atoms with Gasteiger partial charge >= 0.3 is 0 Å². The second-order valence-corrected chi connectivity index (χ2v) is 9.45. The van der Waals surface area contributed by atoms with E-state index >= 15 is 0 Å². The van der Waals surface area contributed by atoms with Crippen LogP contribution >= 0.6 is 0 Å². The van der Waals surface area contributed by atoms with Gasteiger partial charge in [-0.25, -0.2) is 18.1 Å². The maximum atomic E-state index is 11.6. The van der Waals surface area contributed by atoms with E-state index in [1.807, 2.05) is 37.6 Å². The molecular weight excluding hydrogens is 410 g/mol. The summed E-state index contributed by atoms with van der Waals surface area (Å²) in [6.07, 6.45) is 1.21. The van der Waals surface area contributed by atoms with E-state index < -0.39 is 9.84 Å². The minimum absolute atomic E-state index is 0.311. The lowest BCUT2D eigenvalue weighted by atomic mass is 10.1. The molecule has 0 saturated heterocycles. The minimum atomic E-state index is -3.19. The fourth-order valence-corrected chi connectivity index (χ4v) is 3.90. The Bertz CT molecular complexity index is 1160. The fourth-order valence-electron chi connectivity index (χ4n) is 3.27. The number of aromatic nitrogens is 2. The van der Waals surface area contributed by atoms with Gasteiger partial charge in [-0.3, -0.25) is 0 Å². The Kier molecular flexibility index (Phi) is 7.12. The molecule has 0 aliphatic rings. The molecule has 0 aliphatic carbocycles. The van der Waals surface area contributed by atoms with Crippen LogP contribution in [0, 0.1) is 13.8 Å². The average Bonchev–Trinajstić information content (AvgIpc) is 3.07. The zero-order valence-electron chi connectivity index (χ0n) is 18.4. The summed E-state index contributed by atoms with van der Waals surface area (Å²) in [5.41, 5.74) is 5.15. The van der Waals surface area contributed by atoms with Crippen molar-refractivity contribution in [1.82, 2.24) is 20.4 Å². The van der Waals surface area contributed by atoms with Crippen molar-refractivity contribution in [1.29, 1.82) is 0 Å². The zero-order chi connectivity index (χ0) is 22.4. The number of para-hydroxylation sites is 1. The van der Waals surface area contributed by atoms with E-state index in [9.17, 15) is 8.42 Å². The van der Waals surface area contributed by atoms with Crippen LogP contribution in [0.3, 0.4) is 0 Å². The highest BCUT2D eigenvalue weighted by Gasteiger charge is 2.10. The normalized spacial score (nSPS) is 12.1. The zero-order valence-corrected chi connectivity index (χ0v) is 19.2. The second-order valence-electron chi connectivity index (χ2n) is 7.43. The topological polar surface area (TPSA) is 88.4 Å². The lowest BCUT2D eigenvalue weighted by Gasteiger charge is -2.15. The predicted molar refractivity (Wildman–Crippen MR) is 124 cm³/mol.